The number of hydrogen-bond donors (Lipinski definition) is 1. The maximum Gasteiger partial charge on any atom is 0.142 e. The van der Waals surface area contributed by atoms with Gasteiger partial charge in [-0.3, -0.25) is 0 Å². The van der Waals surface area contributed by atoms with Crippen LogP contribution in [-0.2, 0) is 0 Å². The lowest BCUT2D eigenvalue weighted by Crippen LogP contribution is -2.26. The molecule has 6 heteroatoms. The lowest BCUT2D eigenvalue weighted by atomic mass is 10.0. The molecule has 4 nitrogen and oxygen atoms in total. The minimum absolute atomic E-state index is 0.181. The fourth-order valence-electron chi connectivity index (χ4n) is 2.78. The molecule has 3 rings (SSSR count). The molecule has 1 N–H and O–H groups in total. The first-order valence-electron chi connectivity index (χ1n) is 6.85. The van der Waals surface area contributed by atoms with E-state index in [-0.39, 0.29) is 24.2 Å². The Balaban J connectivity index is 2.02. The first kappa shape index (κ1) is 14.4. The van der Waals surface area contributed by atoms with Crippen molar-refractivity contribution in [2.75, 3.05) is 11.4 Å². The fraction of sp³-hybridized carbons (Fsp3) is 0.250. The minimum Gasteiger partial charge on any atom is -0.391 e. The Kier molecular flexibility index (Phi) is 3.73. The van der Waals surface area contributed by atoms with Gasteiger partial charge in [-0.15, -0.1) is 0 Å². The van der Waals surface area contributed by atoms with Gasteiger partial charge in [-0.25, -0.2) is 13.8 Å². The molecule has 1 saturated heterocycles. The molecule has 0 radical (unpaired) electrons. The number of rotatable bonds is 2. The summed E-state index contributed by atoms with van der Waals surface area (Å²) < 4.78 is 27.5. The Hall–Kier alpha value is -2.52. The summed E-state index contributed by atoms with van der Waals surface area (Å²) in [6.07, 6.45) is -0.390. The summed E-state index contributed by atoms with van der Waals surface area (Å²) >= 11 is 0. The Morgan fingerprint density at radius 3 is 2.86 bits per heavy atom. The average Bonchev–Trinajstić information content (AvgIpc) is 2.91. The van der Waals surface area contributed by atoms with Crippen molar-refractivity contribution < 1.29 is 13.9 Å². The minimum atomic E-state index is -0.666. The standard InChI is InChI=1S/C16H13F2N3O/c17-10-4-5-14(18)13(6-10)15-7-12(22)9-21(15)16-3-1-2-11(8-19)20-16/h1-6,12,15,22H,7,9H2. The number of benzene rings is 1. The highest BCUT2D eigenvalue weighted by Gasteiger charge is 2.34. The Labute approximate surface area is 126 Å². The molecule has 0 saturated carbocycles. The van der Waals surface area contributed by atoms with Gasteiger partial charge in [-0.2, -0.15) is 5.26 Å². The molecule has 0 aliphatic carbocycles. The highest BCUT2D eigenvalue weighted by Crippen LogP contribution is 2.36. The number of β-amino-alcohol motifs (C(OH)–C–C–N with tert-alkyl or cyclic N) is 1. The predicted molar refractivity (Wildman–Crippen MR) is 76.0 cm³/mol. The SMILES string of the molecule is N#Cc1cccc(N2CC(O)CC2c2cc(F)ccc2F)n1. The van der Waals surface area contributed by atoms with E-state index in [4.69, 9.17) is 5.26 Å². The van der Waals surface area contributed by atoms with Crippen LogP contribution in [0.2, 0.25) is 0 Å². The highest BCUT2D eigenvalue weighted by molar-refractivity contribution is 5.47. The van der Waals surface area contributed by atoms with Gasteiger partial charge in [0.1, 0.15) is 29.2 Å². The summed E-state index contributed by atoms with van der Waals surface area (Å²) in [5.41, 5.74) is 0.415. The molecule has 1 fully saturated rings. The molecule has 2 unspecified atom stereocenters. The van der Waals surface area contributed by atoms with Gasteiger partial charge >= 0.3 is 0 Å². The van der Waals surface area contributed by atoms with Gasteiger partial charge in [0.2, 0.25) is 0 Å². The van der Waals surface area contributed by atoms with Gasteiger partial charge < -0.3 is 10.0 Å². The molecule has 112 valence electrons. The molecule has 22 heavy (non-hydrogen) atoms. The summed E-state index contributed by atoms with van der Waals surface area (Å²) in [7, 11) is 0. The smallest absolute Gasteiger partial charge is 0.142 e. The van der Waals surface area contributed by atoms with E-state index in [0.29, 0.717) is 5.82 Å². The van der Waals surface area contributed by atoms with Crippen molar-refractivity contribution in [2.45, 2.75) is 18.6 Å². The lowest BCUT2D eigenvalue weighted by Gasteiger charge is -2.26. The number of aliphatic hydroxyl groups excluding tert-OH is 1. The fourth-order valence-corrected chi connectivity index (χ4v) is 2.78. The van der Waals surface area contributed by atoms with E-state index in [1.165, 1.54) is 0 Å². The van der Waals surface area contributed by atoms with Crippen LogP contribution in [0.3, 0.4) is 0 Å². The van der Waals surface area contributed by atoms with E-state index < -0.39 is 23.8 Å². The number of nitrogens with zero attached hydrogens (tertiary/aromatic N) is 3. The Morgan fingerprint density at radius 1 is 1.27 bits per heavy atom. The number of aliphatic hydroxyl groups is 1. The predicted octanol–water partition coefficient (Wildman–Crippen LogP) is 2.54. The van der Waals surface area contributed by atoms with Crippen molar-refractivity contribution in [3.05, 3.63) is 59.3 Å². The van der Waals surface area contributed by atoms with Gasteiger partial charge in [0, 0.05) is 12.1 Å². The first-order chi connectivity index (χ1) is 10.6. The van der Waals surface area contributed by atoms with Crippen LogP contribution in [0.25, 0.3) is 0 Å². The quantitative estimate of drug-likeness (QED) is 0.926. The second-order valence-corrected chi connectivity index (χ2v) is 5.22. The molecule has 0 amide bonds. The molecule has 1 aliphatic heterocycles. The molecule has 1 aliphatic rings. The molecular weight excluding hydrogens is 288 g/mol. The lowest BCUT2D eigenvalue weighted by molar-refractivity contribution is 0.194. The van der Waals surface area contributed by atoms with Crippen LogP contribution in [0.4, 0.5) is 14.6 Å². The molecule has 2 heterocycles. The number of pyridine rings is 1. The molecular formula is C16H13F2N3O. The van der Waals surface area contributed by atoms with Crippen molar-refractivity contribution in [3.63, 3.8) is 0 Å². The summed E-state index contributed by atoms with van der Waals surface area (Å²) in [6, 6.07) is 9.61. The third-order valence-electron chi connectivity index (χ3n) is 3.74. The third kappa shape index (κ3) is 2.63. The first-order valence-corrected chi connectivity index (χ1v) is 6.85. The zero-order valence-electron chi connectivity index (χ0n) is 11.6. The summed E-state index contributed by atoms with van der Waals surface area (Å²) in [5.74, 6) is -0.595. The molecule has 2 atom stereocenters. The van der Waals surface area contributed by atoms with Gasteiger partial charge in [0.05, 0.1) is 12.1 Å². The van der Waals surface area contributed by atoms with Crippen molar-refractivity contribution in [1.29, 1.82) is 5.26 Å². The molecule has 1 aromatic heterocycles. The van der Waals surface area contributed by atoms with Crippen LogP contribution in [0.15, 0.2) is 36.4 Å². The maximum atomic E-state index is 14.0. The monoisotopic (exact) mass is 301 g/mol. The van der Waals surface area contributed by atoms with Crippen molar-refractivity contribution in [3.8, 4) is 6.07 Å². The summed E-state index contributed by atoms with van der Waals surface area (Å²) in [4.78, 5) is 5.87. The van der Waals surface area contributed by atoms with Crippen molar-refractivity contribution in [1.82, 2.24) is 4.98 Å². The van der Waals surface area contributed by atoms with E-state index in [9.17, 15) is 13.9 Å². The number of nitriles is 1. The maximum absolute atomic E-state index is 14.0. The van der Waals surface area contributed by atoms with E-state index in [0.717, 1.165) is 18.2 Å². The van der Waals surface area contributed by atoms with Gasteiger partial charge in [0.15, 0.2) is 0 Å². The van der Waals surface area contributed by atoms with Crippen LogP contribution < -0.4 is 4.90 Å². The Morgan fingerprint density at radius 2 is 2.09 bits per heavy atom. The van der Waals surface area contributed by atoms with Gasteiger partial charge in [-0.05, 0) is 36.8 Å². The number of hydrogen-bond acceptors (Lipinski definition) is 4. The van der Waals surface area contributed by atoms with E-state index in [1.54, 1.807) is 23.1 Å². The van der Waals surface area contributed by atoms with Gasteiger partial charge in [-0.1, -0.05) is 6.07 Å². The summed E-state index contributed by atoms with van der Waals surface area (Å²) in [6.45, 7) is 0.252. The zero-order chi connectivity index (χ0) is 15.7. The third-order valence-corrected chi connectivity index (χ3v) is 3.74. The highest BCUT2D eigenvalue weighted by atomic mass is 19.1. The molecule has 1 aromatic carbocycles. The van der Waals surface area contributed by atoms with Crippen molar-refractivity contribution >= 4 is 5.82 Å². The normalized spacial score (nSPS) is 20.9. The molecule has 0 spiro atoms. The van der Waals surface area contributed by atoms with E-state index in [2.05, 4.69) is 4.98 Å². The zero-order valence-corrected chi connectivity index (χ0v) is 11.6. The van der Waals surface area contributed by atoms with Crippen LogP contribution in [-0.4, -0.2) is 22.7 Å². The van der Waals surface area contributed by atoms with Crippen LogP contribution in [0.1, 0.15) is 23.7 Å². The number of halogens is 2. The number of aromatic nitrogens is 1. The second kappa shape index (κ2) is 5.70. The van der Waals surface area contributed by atoms with Gasteiger partial charge in [0.25, 0.3) is 0 Å². The topological polar surface area (TPSA) is 60.2 Å². The van der Waals surface area contributed by atoms with Crippen LogP contribution in [0, 0.1) is 23.0 Å². The average molecular weight is 301 g/mol. The molecule has 0 bridgehead atoms. The van der Waals surface area contributed by atoms with Crippen molar-refractivity contribution in [2.24, 2.45) is 0 Å². The largest absolute Gasteiger partial charge is 0.391 e. The van der Waals surface area contributed by atoms with Crippen LogP contribution >= 0.6 is 0 Å². The van der Waals surface area contributed by atoms with E-state index in [1.807, 2.05) is 6.07 Å². The van der Waals surface area contributed by atoms with E-state index >= 15 is 0 Å². The summed E-state index contributed by atoms with van der Waals surface area (Å²) in [5, 5.41) is 18.9. The second-order valence-electron chi connectivity index (χ2n) is 5.22. The Bertz CT molecular complexity index is 744. The molecule has 2 aromatic rings. The van der Waals surface area contributed by atoms with Crippen LogP contribution in [0.5, 0.6) is 0 Å². The number of anilines is 1.